The molecule has 2 rings (SSSR count). The van der Waals surface area contributed by atoms with Crippen molar-refractivity contribution in [2.24, 2.45) is 0 Å². The Kier molecular flexibility index (Phi) is 3.61. The second-order valence-electron chi connectivity index (χ2n) is 4.68. The molecule has 1 unspecified atom stereocenters. The molecule has 1 aromatic rings. The van der Waals surface area contributed by atoms with Crippen LogP contribution in [-0.2, 0) is 14.6 Å². The molecule has 2 N–H and O–H groups in total. The summed E-state index contributed by atoms with van der Waals surface area (Å²) in [7, 11) is -3.16. The summed E-state index contributed by atoms with van der Waals surface area (Å²) in [5, 5.41) is 13.1. The molecule has 0 radical (unpaired) electrons. The van der Waals surface area contributed by atoms with Crippen molar-refractivity contribution in [3.63, 3.8) is 0 Å². The maximum Gasteiger partial charge on any atom is 0.175 e. The van der Waals surface area contributed by atoms with Gasteiger partial charge >= 0.3 is 0 Å². The molecule has 6 heteroatoms. The Labute approximate surface area is 107 Å². The van der Waals surface area contributed by atoms with Crippen LogP contribution in [0.2, 0.25) is 0 Å². The van der Waals surface area contributed by atoms with Crippen LogP contribution in [0.5, 0.6) is 0 Å². The van der Waals surface area contributed by atoms with Crippen molar-refractivity contribution in [1.29, 1.82) is 0 Å². The number of anilines is 1. The minimum Gasteiger partial charge on any atom is -0.386 e. The summed E-state index contributed by atoms with van der Waals surface area (Å²) in [4.78, 5) is 0.288. The zero-order chi connectivity index (χ0) is 13.2. The van der Waals surface area contributed by atoms with E-state index in [1.165, 1.54) is 6.26 Å². The van der Waals surface area contributed by atoms with E-state index in [0.717, 1.165) is 5.69 Å². The first-order chi connectivity index (χ1) is 8.39. The minimum absolute atomic E-state index is 0.288. The first-order valence-corrected chi connectivity index (χ1v) is 7.62. The third kappa shape index (κ3) is 3.22. The summed E-state index contributed by atoms with van der Waals surface area (Å²) in [5.41, 5.74) is -0.0436. The van der Waals surface area contributed by atoms with E-state index in [9.17, 15) is 13.5 Å². The predicted octanol–water partition coefficient (Wildman–Crippen LogP) is 0.653. The highest BCUT2D eigenvalue weighted by Crippen LogP contribution is 2.20. The topological polar surface area (TPSA) is 75.6 Å². The van der Waals surface area contributed by atoms with E-state index in [0.29, 0.717) is 26.2 Å². The molecule has 0 aromatic heterocycles. The number of hydrogen-bond acceptors (Lipinski definition) is 5. The summed E-state index contributed by atoms with van der Waals surface area (Å²) in [5.74, 6) is 0. The average molecular weight is 271 g/mol. The van der Waals surface area contributed by atoms with Gasteiger partial charge in [-0.05, 0) is 24.3 Å². The van der Waals surface area contributed by atoms with Gasteiger partial charge in [0.1, 0.15) is 5.60 Å². The Hall–Kier alpha value is -1.11. The largest absolute Gasteiger partial charge is 0.386 e. The fourth-order valence-electron chi connectivity index (χ4n) is 1.82. The number of rotatable bonds is 4. The van der Waals surface area contributed by atoms with Crippen molar-refractivity contribution in [2.45, 2.75) is 16.9 Å². The molecule has 1 atom stereocenters. The van der Waals surface area contributed by atoms with Crippen LogP contribution in [0.4, 0.5) is 5.69 Å². The maximum atomic E-state index is 11.3. The average Bonchev–Trinajstić information content (AvgIpc) is 2.74. The number of benzene rings is 1. The van der Waals surface area contributed by atoms with E-state index in [2.05, 4.69) is 5.32 Å². The summed E-state index contributed by atoms with van der Waals surface area (Å²) in [6, 6.07) is 6.48. The van der Waals surface area contributed by atoms with E-state index in [1.807, 2.05) is 0 Å². The molecular formula is C12H17NO4S. The summed E-state index contributed by atoms with van der Waals surface area (Å²) >= 11 is 0. The van der Waals surface area contributed by atoms with Gasteiger partial charge in [-0.15, -0.1) is 0 Å². The van der Waals surface area contributed by atoms with Gasteiger partial charge in [0, 0.05) is 31.5 Å². The Morgan fingerprint density at radius 1 is 1.39 bits per heavy atom. The van der Waals surface area contributed by atoms with Crippen molar-refractivity contribution in [2.75, 3.05) is 31.3 Å². The molecule has 1 saturated heterocycles. The van der Waals surface area contributed by atoms with Crippen LogP contribution in [0.1, 0.15) is 6.42 Å². The fraction of sp³-hybridized carbons (Fsp3) is 0.500. The molecule has 0 bridgehead atoms. The molecule has 100 valence electrons. The van der Waals surface area contributed by atoms with Crippen LogP contribution in [0.25, 0.3) is 0 Å². The number of aliphatic hydroxyl groups is 1. The van der Waals surface area contributed by atoms with Crippen LogP contribution in [0, 0.1) is 0 Å². The van der Waals surface area contributed by atoms with E-state index in [4.69, 9.17) is 4.74 Å². The molecule has 0 aliphatic carbocycles. The Morgan fingerprint density at radius 2 is 2.06 bits per heavy atom. The molecule has 0 saturated carbocycles. The van der Waals surface area contributed by atoms with Gasteiger partial charge in [-0.25, -0.2) is 8.42 Å². The third-order valence-corrected chi connectivity index (χ3v) is 4.12. The standard InChI is InChI=1S/C12H17NO4S/c1-18(15,16)11-4-2-10(3-5-11)13-8-12(14)6-7-17-9-12/h2-5,13-14H,6-9H2,1H3. The van der Waals surface area contributed by atoms with E-state index in [-0.39, 0.29) is 4.90 Å². The minimum atomic E-state index is -3.16. The second kappa shape index (κ2) is 4.87. The molecule has 5 nitrogen and oxygen atoms in total. The zero-order valence-electron chi connectivity index (χ0n) is 10.2. The second-order valence-corrected chi connectivity index (χ2v) is 6.69. The van der Waals surface area contributed by atoms with Gasteiger partial charge in [0.15, 0.2) is 9.84 Å². The van der Waals surface area contributed by atoms with Crippen LogP contribution < -0.4 is 5.32 Å². The summed E-state index contributed by atoms with van der Waals surface area (Å²) in [6.45, 7) is 1.30. The quantitative estimate of drug-likeness (QED) is 0.841. The summed E-state index contributed by atoms with van der Waals surface area (Å²) < 4.78 is 27.7. The highest BCUT2D eigenvalue weighted by molar-refractivity contribution is 7.90. The monoisotopic (exact) mass is 271 g/mol. The zero-order valence-corrected chi connectivity index (χ0v) is 11.0. The van der Waals surface area contributed by atoms with E-state index in [1.54, 1.807) is 24.3 Å². The predicted molar refractivity (Wildman–Crippen MR) is 68.4 cm³/mol. The van der Waals surface area contributed by atoms with Crippen molar-refractivity contribution >= 4 is 15.5 Å². The van der Waals surface area contributed by atoms with Crippen LogP contribution in [-0.4, -0.2) is 45.1 Å². The number of hydrogen-bond donors (Lipinski definition) is 2. The van der Waals surface area contributed by atoms with Crippen LogP contribution in [0.15, 0.2) is 29.2 Å². The highest BCUT2D eigenvalue weighted by atomic mass is 32.2. The molecule has 0 amide bonds. The van der Waals surface area contributed by atoms with Gasteiger partial charge in [0.05, 0.1) is 11.5 Å². The van der Waals surface area contributed by atoms with Crippen LogP contribution in [0.3, 0.4) is 0 Å². The third-order valence-electron chi connectivity index (χ3n) is 2.99. The molecule has 18 heavy (non-hydrogen) atoms. The van der Waals surface area contributed by atoms with Crippen molar-refractivity contribution in [3.8, 4) is 0 Å². The van der Waals surface area contributed by atoms with Gasteiger partial charge in [-0.1, -0.05) is 0 Å². The van der Waals surface area contributed by atoms with Gasteiger partial charge in [0.2, 0.25) is 0 Å². The lowest BCUT2D eigenvalue weighted by Crippen LogP contribution is -2.37. The van der Waals surface area contributed by atoms with E-state index < -0.39 is 15.4 Å². The first-order valence-electron chi connectivity index (χ1n) is 5.73. The molecule has 1 heterocycles. The van der Waals surface area contributed by atoms with Gasteiger partial charge in [-0.2, -0.15) is 0 Å². The molecule has 1 aromatic carbocycles. The highest BCUT2D eigenvalue weighted by Gasteiger charge is 2.31. The fourth-order valence-corrected chi connectivity index (χ4v) is 2.45. The van der Waals surface area contributed by atoms with Crippen LogP contribution >= 0.6 is 0 Å². The Bertz CT molecular complexity index is 503. The number of nitrogens with one attached hydrogen (secondary N) is 1. The molecular weight excluding hydrogens is 254 g/mol. The lowest BCUT2D eigenvalue weighted by molar-refractivity contribution is 0.0382. The smallest absolute Gasteiger partial charge is 0.175 e. The van der Waals surface area contributed by atoms with Crippen molar-refractivity contribution in [3.05, 3.63) is 24.3 Å². The number of sulfone groups is 1. The molecule has 1 fully saturated rings. The molecule has 1 aliphatic rings. The lowest BCUT2D eigenvalue weighted by Gasteiger charge is -2.21. The SMILES string of the molecule is CS(=O)(=O)c1ccc(NCC2(O)CCOC2)cc1. The van der Waals surface area contributed by atoms with E-state index >= 15 is 0 Å². The normalized spacial score (nSPS) is 24.1. The number of ether oxygens (including phenoxy) is 1. The van der Waals surface area contributed by atoms with Crippen molar-refractivity contribution in [1.82, 2.24) is 0 Å². The lowest BCUT2D eigenvalue weighted by atomic mass is 10.0. The van der Waals surface area contributed by atoms with Gasteiger partial charge < -0.3 is 15.2 Å². The van der Waals surface area contributed by atoms with Gasteiger partial charge in [0.25, 0.3) is 0 Å². The Balaban J connectivity index is 1.98. The molecule has 0 spiro atoms. The first kappa shape index (κ1) is 13.3. The summed E-state index contributed by atoms with van der Waals surface area (Å²) in [6.07, 6.45) is 1.79. The Morgan fingerprint density at radius 3 is 2.56 bits per heavy atom. The maximum absolute atomic E-state index is 11.3. The van der Waals surface area contributed by atoms with Crippen molar-refractivity contribution < 1.29 is 18.3 Å². The van der Waals surface area contributed by atoms with Gasteiger partial charge in [-0.3, -0.25) is 0 Å². The molecule has 1 aliphatic heterocycles.